The lowest BCUT2D eigenvalue weighted by Gasteiger charge is -2.24. The third-order valence-corrected chi connectivity index (χ3v) is 5.34. The molecule has 0 radical (unpaired) electrons. The van der Waals surface area contributed by atoms with Gasteiger partial charge in [-0.05, 0) is 24.5 Å². The van der Waals surface area contributed by atoms with Crippen LogP contribution in [0, 0.1) is 10.1 Å². The second kappa shape index (κ2) is 6.61. The predicted molar refractivity (Wildman–Crippen MR) is 94.7 cm³/mol. The fraction of sp³-hybridized carbons (Fsp3) is 0.312. The smallest absolute Gasteiger partial charge is 0.269 e. The summed E-state index contributed by atoms with van der Waals surface area (Å²) >= 11 is 6.28. The Balaban J connectivity index is 1.88. The molecule has 1 aliphatic carbocycles. The van der Waals surface area contributed by atoms with Gasteiger partial charge in [0.25, 0.3) is 5.69 Å². The number of halogens is 1. The van der Waals surface area contributed by atoms with E-state index in [1.54, 1.807) is 12.1 Å². The third kappa shape index (κ3) is 4.08. The van der Waals surface area contributed by atoms with Crippen molar-refractivity contribution >= 4 is 32.9 Å². The Hall–Kier alpha value is -2.19. The summed E-state index contributed by atoms with van der Waals surface area (Å²) in [7, 11) is -3.37. The maximum Gasteiger partial charge on any atom is 0.269 e. The number of hydrogen-bond donors (Lipinski definition) is 0. The summed E-state index contributed by atoms with van der Waals surface area (Å²) in [4.78, 5) is 16.7. The maximum absolute atomic E-state index is 11.6. The molecule has 25 heavy (non-hydrogen) atoms. The summed E-state index contributed by atoms with van der Waals surface area (Å²) in [5, 5.41) is 11.0. The van der Waals surface area contributed by atoms with Gasteiger partial charge >= 0.3 is 0 Å². The van der Waals surface area contributed by atoms with Gasteiger partial charge in [-0.3, -0.25) is 10.1 Å². The van der Waals surface area contributed by atoms with Crippen LogP contribution < -0.4 is 4.90 Å². The zero-order valence-corrected chi connectivity index (χ0v) is 15.0. The van der Waals surface area contributed by atoms with Gasteiger partial charge in [0.05, 0.1) is 14.8 Å². The van der Waals surface area contributed by atoms with Crippen molar-refractivity contribution in [2.45, 2.75) is 30.3 Å². The fourth-order valence-electron chi connectivity index (χ4n) is 2.51. The Labute approximate surface area is 150 Å². The predicted octanol–water partition coefficient (Wildman–Crippen LogP) is 3.22. The molecule has 1 aromatic heterocycles. The lowest BCUT2D eigenvalue weighted by molar-refractivity contribution is -0.384. The molecule has 0 unspecified atom stereocenters. The highest BCUT2D eigenvalue weighted by atomic mass is 35.5. The Kier molecular flexibility index (Phi) is 4.66. The molecular formula is C16H16ClN3O4S. The van der Waals surface area contributed by atoms with E-state index < -0.39 is 14.8 Å². The molecule has 132 valence electrons. The minimum absolute atomic E-state index is 0.0374. The number of rotatable bonds is 6. The van der Waals surface area contributed by atoms with Crippen molar-refractivity contribution in [3.63, 3.8) is 0 Å². The van der Waals surface area contributed by atoms with Crippen LogP contribution in [0.3, 0.4) is 0 Å². The van der Waals surface area contributed by atoms with Gasteiger partial charge in [0.1, 0.15) is 5.82 Å². The van der Waals surface area contributed by atoms with Gasteiger partial charge in [0, 0.05) is 37.2 Å². The molecule has 7 nitrogen and oxygen atoms in total. The van der Waals surface area contributed by atoms with E-state index >= 15 is 0 Å². The van der Waals surface area contributed by atoms with Crippen molar-refractivity contribution in [2.24, 2.45) is 0 Å². The first-order valence-corrected chi connectivity index (χ1v) is 9.88. The maximum atomic E-state index is 11.6. The average molecular weight is 382 g/mol. The van der Waals surface area contributed by atoms with E-state index in [4.69, 9.17) is 11.6 Å². The molecule has 0 aliphatic heterocycles. The molecular weight excluding hydrogens is 366 g/mol. The van der Waals surface area contributed by atoms with Gasteiger partial charge in [-0.25, -0.2) is 13.4 Å². The number of anilines is 1. The Morgan fingerprint density at radius 3 is 2.44 bits per heavy atom. The molecule has 1 aliphatic rings. The number of benzene rings is 1. The molecule has 1 fully saturated rings. The molecule has 0 N–H and O–H groups in total. The molecule has 1 saturated carbocycles. The molecule has 1 heterocycles. The molecule has 0 saturated heterocycles. The molecule has 0 amide bonds. The highest BCUT2D eigenvalue weighted by Gasteiger charge is 2.31. The second-order valence-corrected chi connectivity index (χ2v) is 8.45. The van der Waals surface area contributed by atoms with Gasteiger partial charge in [-0.2, -0.15) is 0 Å². The van der Waals surface area contributed by atoms with Crippen molar-refractivity contribution in [3.8, 4) is 0 Å². The van der Waals surface area contributed by atoms with Crippen LogP contribution in [0.15, 0.2) is 41.4 Å². The summed E-state index contributed by atoms with van der Waals surface area (Å²) in [6.07, 6.45) is 4.41. The number of non-ortho nitro benzene ring substituents is 1. The number of nitro benzene ring substituents is 1. The number of sulfone groups is 1. The highest BCUT2D eigenvalue weighted by molar-refractivity contribution is 7.90. The molecule has 0 spiro atoms. The summed E-state index contributed by atoms with van der Waals surface area (Å²) in [5.41, 5.74) is 0.929. The van der Waals surface area contributed by atoms with E-state index in [-0.39, 0.29) is 21.6 Å². The topological polar surface area (TPSA) is 93.4 Å². The van der Waals surface area contributed by atoms with Crippen LogP contribution in [0.1, 0.15) is 18.4 Å². The Morgan fingerprint density at radius 1 is 1.32 bits per heavy atom. The molecule has 0 atom stereocenters. The second-order valence-electron chi connectivity index (χ2n) is 6.03. The highest BCUT2D eigenvalue weighted by Crippen LogP contribution is 2.36. The summed E-state index contributed by atoms with van der Waals surface area (Å²) < 4.78 is 23.2. The van der Waals surface area contributed by atoms with Gasteiger partial charge in [0.15, 0.2) is 9.84 Å². The largest absolute Gasteiger partial charge is 0.348 e. The molecule has 1 aromatic carbocycles. The summed E-state index contributed by atoms with van der Waals surface area (Å²) in [5.74, 6) is 0.523. The number of aromatic nitrogens is 1. The number of nitro groups is 1. The lowest BCUT2D eigenvalue weighted by Crippen LogP contribution is -2.26. The fourth-order valence-corrected chi connectivity index (χ4v) is 3.43. The van der Waals surface area contributed by atoms with Crippen molar-refractivity contribution in [2.75, 3.05) is 11.2 Å². The van der Waals surface area contributed by atoms with Crippen molar-refractivity contribution in [1.29, 1.82) is 0 Å². The third-order valence-electron chi connectivity index (χ3n) is 3.98. The van der Waals surface area contributed by atoms with E-state index in [2.05, 4.69) is 4.98 Å². The van der Waals surface area contributed by atoms with E-state index in [9.17, 15) is 18.5 Å². The van der Waals surface area contributed by atoms with Gasteiger partial charge < -0.3 is 4.90 Å². The molecule has 0 bridgehead atoms. The minimum atomic E-state index is -3.37. The zero-order valence-electron chi connectivity index (χ0n) is 13.4. The Bertz CT molecular complexity index is 911. The lowest BCUT2D eigenvalue weighted by atomic mass is 10.2. The summed E-state index contributed by atoms with van der Waals surface area (Å²) in [6.45, 7) is 0.494. The van der Waals surface area contributed by atoms with Crippen LogP contribution >= 0.6 is 11.6 Å². The van der Waals surface area contributed by atoms with Gasteiger partial charge in [-0.15, -0.1) is 0 Å². The van der Waals surface area contributed by atoms with Gasteiger partial charge in [0.2, 0.25) is 0 Å². The van der Waals surface area contributed by atoms with Crippen LogP contribution in [0.2, 0.25) is 5.02 Å². The number of hydrogen-bond acceptors (Lipinski definition) is 6. The molecule has 3 rings (SSSR count). The first-order valence-electron chi connectivity index (χ1n) is 7.61. The van der Waals surface area contributed by atoms with Crippen LogP contribution in [-0.4, -0.2) is 30.6 Å². The van der Waals surface area contributed by atoms with Gasteiger partial charge in [-0.1, -0.05) is 23.7 Å². The molecule has 9 heteroatoms. The normalized spacial score (nSPS) is 14.3. The number of pyridine rings is 1. The van der Waals surface area contributed by atoms with Crippen LogP contribution in [0.4, 0.5) is 11.5 Å². The first-order chi connectivity index (χ1) is 11.8. The van der Waals surface area contributed by atoms with E-state index in [0.717, 1.165) is 24.7 Å². The van der Waals surface area contributed by atoms with E-state index in [0.29, 0.717) is 12.4 Å². The first kappa shape index (κ1) is 17.6. The van der Waals surface area contributed by atoms with Crippen molar-refractivity contribution < 1.29 is 13.3 Å². The van der Waals surface area contributed by atoms with Crippen LogP contribution in [0.5, 0.6) is 0 Å². The van der Waals surface area contributed by atoms with E-state index in [1.165, 1.54) is 24.4 Å². The van der Waals surface area contributed by atoms with Crippen LogP contribution in [0.25, 0.3) is 0 Å². The number of nitrogens with zero attached hydrogens (tertiary/aromatic N) is 3. The van der Waals surface area contributed by atoms with Crippen molar-refractivity contribution in [3.05, 3.63) is 57.2 Å². The zero-order chi connectivity index (χ0) is 18.2. The standard InChI is InChI=1S/C16H16ClN3O4S/c1-25(23,24)14-8-15(17)16(18-9-14)19(12-6-7-12)10-11-2-4-13(5-3-11)20(21)22/h2-5,8-9,12H,6-7,10H2,1H3. The molecule has 2 aromatic rings. The average Bonchev–Trinajstić information content (AvgIpc) is 3.37. The van der Waals surface area contributed by atoms with Crippen LogP contribution in [-0.2, 0) is 16.4 Å². The Morgan fingerprint density at radius 2 is 1.96 bits per heavy atom. The minimum Gasteiger partial charge on any atom is -0.348 e. The quantitative estimate of drug-likeness (QED) is 0.563. The van der Waals surface area contributed by atoms with E-state index in [1.807, 2.05) is 4.90 Å². The SMILES string of the molecule is CS(=O)(=O)c1cnc(N(Cc2ccc([N+](=O)[O-])cc2)C2CC2)c(Cl)c1. The monoisotopic (exact) mass is 381 g/mol. The summed E-state index contributed by atoms with van der Waals surface area (Å²) in [6, 6.07) is 8.01. The van der Waals surface area contributed by atoms with Crippen molar-refractivity contribution in [1.82, 2.24) is 4.98 Å².